The maximum atomic E-state index is 13.4. The summed E-state index contributed by atoms with van der Waals surface area (Å²) < 4.78 is 26.5. The van der Waals surface area contributed by atoms with Crippen molar-refractivity contribution in [1.29, 1.82) is 0 Å². The first-order valence-corrected chi connectivity index (χ1v) is 6.85. The SMILES string of the molecule is CCCCCCCCC(N)c1cc(F)ccc1F. The molecule has 1 aromatic carbocycles. The van der Waals surface area contributed by atoms with Crippen LogP contribution >= 0.6 is 0 Å². The van der Waals surface area contributed by atoms with E-state index in [-0.39, 0.29) is 0 Å². The van der Waals surface area contributed by atoms with Gasteiger partial charge in [-0.05, 0) is 24.6 Å². The lowest BCUT2D eigenvalue weighted by atomic mass is 10.00. The van der Waals surface area contributed by atoms with Crippen molar-refractivity contribution in [1.82, 2.24) is 0 Å². The van der Waals surface area contributed by atoms with E-state index < -0.39 is 17.7 Å². The van der Waals surface area contributed by atoms with Crippen LogP contribution in [0, 0.1) is 11.6 Å². The first-order chi connectivity index (χ1) is 8.65. The summed E-state index contributed by atoms with van der Waals surface area (Å²) in [6.45, 7) is 2.18. The van der Waals surface area contributed by atoms with Crippen molar-refractivity contribution in [2.75, 3.05) is 0 Å². The van der Waals surface area contributed by atoms with Gasteiger partial charge in [0.2, 0.25) is 0 Å². The van der Waals surface area contributed by atoms with Crippen LogP contribution in [0.2, 0.25) is 0 Å². The molecule has 0 saturated carbocycles. The van der Waals surface area contributed by atoms with E-state index in [1.807, 2.05) is 0 Å². The predicted octanol–water partition coefficient (Wildman–Crippen LogP) is 4.72. The molecule has 3 heteroatoms. The molecule has 2 N–H and O–H groups in total. The van der Waals surface area contributed by atoms with Crippen molar-refractivity contribution in [2.45, 2.75) is 57.9 Å². The molecule has 1 unspecified atom stereocenters. The van der Waals surface area contributed by atoms with Gasteiger partial charge >= 0.3 is 0 Å². The number of halogens is 2. The Kier molecular flexibility index (Phi) is 6.88. The molecule has 0 radical (unpaired) electrons. The van der Waals surface area contributed by atoms with Crippen molar-refractivity contribution < 1.29 is 8.78 Å². The van der Waals surface area contributed by atoms with E-state index in [0.717, 1.165) is 25.0 Å². The van der Waals surface area contributed by atoms with Gasteiger partial charge in [0.1, 0.15) is 11.6 Å². The van der Waals surface area contributed by atoms with E-state index >= 15 is 0 Å². The third-order valence-corrected chi connectivity index (χ3v) is 3.23. The highest BCUT2D eigenvalue weighted by Crippen LogP contribution is 2.21. The van der Waals surface area contributed by atoms with Crippen LogP contribution < -0.4 is 5.73 Å². The smallest absolute Gasteiger partial charge is 0.128 e. The molecule has 0 heterocycles. The van der Waals surface area contributed by atoms with Crippen molar-refractivity contribution in [2.24, 2.45) is 5.73 Å². The molecule has 0 spiro atoms. The summed E-state index contributed by atoms with van der Waals surface area (Å²) in [7, 11) is 0. The third kappa shape index (κ3) is 5.13. The molecular formula is C15H23F2N. The van der Waals surface area contributed by atoms with Crippen LogP contribution in [0.15, 0.2) is 18.2 Å². The van der Waals surface area contributed by atoms with Gasteiger partial charge in [-0.2, -0.15) is 0 Å². The zero-order chi connectivity index (χ0) is 13.4. The molecule has 0 fully saturated rings. The van der Waals surface area contributed by atoms with Crippen molar-refractivity contribution in [3.05, 3.63) is 35.4 Å². The minimum atomic E-state index is -0.426. The van der Waals surface area contributed by atoms with Gasteiger partial charge in [0.15, 0.2) is 0 Å². The number of hydrogen-bond donors (Lipinski definition) is 1. The number of benzene rings is 1. The molecule has 18 heavy (non-hydrogen) atoms. The van der Waals surface area contributed by atoms with E-state index in [1.54, 1.807) is 0 Å². The number of unbranched alkanes of at least 4 members (excludes halogenated alkanes) is 5. The lowest BCUT2D eigenvalue weighted by molar-refractivity contribution is 0.516. The second-order valence-corrected chi connectivity index (χ2v) is 4.83. The van der Waals surface area contributed by atoms with E-state index in [1.165, 1.54) is 31.7 Å². The van der Waals surface area contributed by atoms with Crippen molar-refractivity contribution in [3.63, 3.8) is 0 Å². The first kappa shape index (κ1) is 15.1. The van der Waals surface area contributed by atoms with Gasteiger partial charge in [-0.15, -0.1) is 0 Å². The first-order valence-electron chi connectivity index (χ1n) is 6.85. The molecule has 0 aromatic heterocycles. The molecule has 0 aliphatic carbocycles. The normalized spacial score (nSPS) is 12.7. The second-order valence-electron chi connectivity index (χ2n) is 4.83. The molecule has 1 nitrogen and oxygen atoms in total. The summed E-state index contributed by atoms with van der Waals surface area (Å²) in [5, 5.41) is 0. The average molecular weight is 255 g/mol. The fourth-order valence-electron chi connectivity index (χ4n) is 2.10. The van der Waals surface area contributed by atoms with Crippen LogP contribution in [0.1, 0.15) is 63.5 Å². The summed E-state index contributed by atoms with van der Waals surface area (Å²) >= 11 is 0. The Labute approximate surface area is 108 Å². The molecule has 0 aliphatic rings. The molecule has 0 saturated heterocycles. The molecule has 0 aliphatic heterocycles. The Bertz CT molecular complexity index is 352. The summed E-state index contributed by atoms with van der Waals surface area (Å²) in [5.74, 6) is -0.834. The van der Waals surface area contributed by atoms with Crippen LogP contribution in [0.5, 0.6) is 0 Å². The highest BCUT2D eigenvalue weighted by atomic mass is 19.1. The Morgan fingerprint density at radius 2 is 1.72 bits per heavy atom. The fraction of sp³-hybridized carbons (Fsp3) is 0.600. The monoisotopic (exact) mass is 255 g/mol. The standard InChI is InChI=1S/C15H23F2N/c1-2-3-4-5-6-7-8-15(18)13-11-12(16)9-10-14(13)17/h9-11,15H,2-8,18H2,1H3. The summed E-state index contributed by atoms with van der Waals surface area (Å²) in [6, 6.07) is 3.07. The van der Waals surface area contributed by atoms with Crippen LogP contribution in [-0.4, -0.2) is 0 Å². The van der Waals surface area contributed by atoms with E-state index in [2.05, 4.69) is 6.92 Å². The Balaban J connectivity index is 2.31. The molecule has 0 bridgehead atoms. The molecule has 1 rings (SSSR count). The lowest BCUT2D eigenvalue weighted by Gasteiger charge is -2.13. The number of rotatable bonds is 8. The van der Waals surface area contributed by atoms with Crippen molar-refractivity contribution >= 4 is 0 Å². The van der Waals surface area contributed by atoms with Gasteiger partial charge < -0.3 is 5.73 Å². The third-order valence-electron chi connectivity index (χ3n) is 3.23. The highest BCUT2D eigenvalue weighted by molar-refractivity contribution is 5.21. The highest BCUT2D eigenvalue weighted by Gasteiger charge is 2.11. The summed E-state index contributed by atoms with van der Waals surface area (Å²) in [6.07, 6.45) is 7.75. The maximum absolute atomic E-state index is 13.4. The van der Waals surface area contributed by atoms with E-state index in [9.17, 15) is 8.78 Å². The largest absolute Gasteiger partial charge is 0.324 e. The minimum Gasteiger partial charge on any atom is -0.324 e. The van der Waals surface area contributed by atoms with Crippen LogP contribution in [0.4, 0.5) is 8.78 Å². The van der Waals surface area contributed by atoms with Gasteiger partial charge in [0.05, 0.1) is 0 Å². The molecule has 1 aromatic rings. The van der Waals surface area contributed by atoms with Gasteiger partial charge in [0, 0.05) is 11.6 Å². The van der Waals surface area contributed by atoms with E-state index in [4.69, 9.17) is 5.73 Å². The van der Waals surface area contributed by atoms with Crippen LogP contribution in [-0.2, 0) is 0 Å². The zero-order valence-electron chi connectivity index (χ0n) is 11.1. The Hall–Kier alpha value is -0.960. The van der Waals surface area contributed by atoms with Gasteiger partial charge in [-0.3, -0.25) is 0 Å². The summed E-state index contributed by atoms with van der Waals surface area (Å²) in [4.78, 5) is 0. The topological polar surface area (TPSA) is 26.0 Å². The molecule has 0 amide bonds. The maximum Gasteiger partial charge on any atom is 0.128 e. The second kappa shape index (κ2) is 8.20. The van der Waals surface area contributed by atoms with Crippen LogP contribution in [0.3, 0.4) is 0 Å². The van der Waals surface area contributed by atoms with Crippen LogP contribution in [0.25, 0.3) is 0 Å². The Morgan fingerprint density at radius 1 is 1.06 bits per heavy atom. The Morgan fingerprint density at radius 3 is 2.44 bits per heavy atom. The number of hydrogen-bond acceptors (Lipinski definition) is 1. The average Bonchev–Trinajstić information content (AvgIpc) is 2.36. The van der Waals surface area contributed by atoms with Crippen molar-refractivity contribution in [3.8, 4) is 0 Å². The van der Waals surface area contributed by atoms with Gasteiger partial charge in [-0.25, -0.2) is 8.78 Å². The predicted molar refractivity (Wildman–Crippen MR) is 71.3 cm³/mol. The summed E-state index contributed by atoms with van der Waals surface area (Å²) in [5.41, 5.74) is 6.19. The molecular weight excluding hydrogens is 232 g/mol. The number of nitrogens with two attached hydrogens (primary N) is 1. The molecule has 102 valence electrons. The minimum absolute atomic E-state index is 0.295. The van der Waals surface area contributed by atoms with Gasteiger partial charge in [0.25, 0.3) is 0 Å². The van der Waals surface area contributed by atoms with Gasteiger partial charge in [-0.1, -0.05) is 45.4 Å². The lowest BCUT2D eigenvalue weighted by Crippen LogP contribution is -2.12. The molecule has 1 atom stereocenters. The fourth-order valence-corrected chi connectivity index (χ4v) is 2.10. The quantitative estimate of drug-likeness (QED) is 0.668. The zero-order valence-corrected chi connectivity index (χ0v) is 11.1. The van der Waals surface area contributed by atoms with E-state index in [0.29, 0.717) is 12.0 Å².